The van der Waals surface area contributed by atoms with Crippen molar-refractivity contribution < 1.29 is 18.8 Å². The fraction of sp³-hybridized carbons (Fsp3) is 0.226. The molecule has 0 atom stereocenters. The van der Waals surface area contributed by atoms with Gasteiger partial charge in [0.2, 0.25) is 0 Å². The molecule has 6 heteroatoms. The molecule has 0 radical (unpaired) electrons. The number of aromatic nitrogens is 2. The van der Waals surface area contributed by atoms with Gasteiger partial charge in [-0.05, 0) is 25.0 Å². The highest BCUT2D eigenvalue weighted by Crippen LogP contribution is 2.06. The lowest BCUT2D eigenvalue weighted by molar-refractivity contribution is -0.726. The third kappa shape index (κ3) is 9.00. The third-order valence-electron chi connectivity index (χ3n) is 5.85. The molecule has 0 aliphatic carbocycles. The monoisotopic (exact) mass is 494 g/mol. The Labute approximate surface area is 219 Å². The first kappa shape index (κ1) is 25.8. The second-order valence-electron chi connectivity index (χ2n) is 9.09. The van der Waals surface area contributed by atoms with Crippen LogP contribution < -0.4 is 9.13 Å². The zero-order chi connectivity index (χ0) is 25.7. The summed E-state index contributed by atoms with van der Waals surface area (Å²) in [6, 6.07) is 24.7. The molecule has 4 rings (SSSR count). The normalized spacial score (nSPS) is 11.3. The molecular formula is C31H34N4O2+2. The molecule has 2 aromatic carbocycles. The van der Waals surface area contributed by atoms with Crippen LogP contribution >= 0.6 is 0 Å². The Morgan fingerprint density at radius 2 is 1.05 bits per heavy atom. The van der Waals surface area contributed by atoms with Crippen LogP contribution in [0.15, 0.2) is 108 Å². The Morgan fingerprint density at radius 3 is 1.46 bits per heavy atom. The lowest BCUT2D eigenvalue weighted by Gasteiger charge is -2.01. The van der Waals surface area contributed by atoms with E-state index in [4.69, 9.17) is 9.68 Å². The summed E-state index contributed by atoms with van der Waals surface area (Å²) in [7, 11) is 0. The van der Waals surface area contributed by atoms with E-state index in [0.717, 1.165) is 41.8 Å². The number of rotatable bonds is 12. The van der Waals surface area contributed by atoms with Gasteiger partial charge in [0.1, 0.15) is 13.2 Å². The smallest absolute Gasteiger partial charge is 0.169 e. The van der Waals surface area contributed by atoms with E-state index in [1.165, 1.54) is 11.1 Å². The minimum absolute atomic E-state index is 0.470. The van der Waals surface area contributed by atoms with E-state index >= 15 is 0 Å². The third-order valence-corrected chi connectivity index (χ3v) is 5.85. The molecule has 37 heavy (non-hydrogen) atoms. The number of aryl methyl sites for hydroxylation is 4. The molecule has 0 unspecified atom stereocenters. The number of hydrogen-bond donors (Lipinski definition) is 0. The van der Waals surface area contributed by atoms with Crippen LogP contribution in [0.2, 0.25) is 0 Å². The SMILES string of the molecule is Cc1cccc(CO/N=C/c2cc[n+](CCC[n+]3ccc(/C=N/OCc4cccc(C)c4)cc3)cc2)c1. The summed E-state index contributed by atoms with van der Waals surface area (Å²) in [6.07, 6.45) is 12.8. The summed E-state index contributed by atoms with van der Waals surface area (Å²) in [5.41, 5.74) is 6.69. The van der Waals surface area contributed by atoms with Crippen molar-refractivity contribution in [2.75, 3.05) is 0 Å². The van der Waals surface area contributed by atoms with Crippen molar-refractivity contribution in [3.8, 4) is 0 Å². The topological polar surface area (TPSA) is 50.9 Å². The molecule has 0 amide bonds. The van der Waals surface area contributed by atoms with Gasteiger partial charge in [-0.15, -0.1) is 0 Å². The average Bonchev–Trinajstić information content (AvgIpc) is 2.91. The van der Waals surface area contributed by atoms with Crippen LogP contribution in [0.3, 0.4) is 0 Å². The Balaban J connectivity index is 1.14. The lowest BCUT2D eigenvalue weighted by atomic mass is 10.1. The minimum Gasteiger partial charge on any atom is -0.391 e. The van der Waals surface area contributed by atoms with Crippen molar-refractivity contribution in [1.29, 1.82) is 0 Å². The number of nitrogens with zero attached hydrogens (tertiary/aromatic N) is 4. The van der Waals surface area contributed by atoms with Gasteiger partial charge in [-0.1, -0.05) is 70.0 Å². The van der Waals surface area contributed by atoms with E-state index in [1.807, 2.05) is 48.5 Å². The van der Waals surface area contributed by atoms with Crippen molar-refractivity contribution in [3.63, 3.8) is 0 Å². The Bertz CT molecular complexity index is 1210. The van der Waals surface area contributed by atoms with E-state index in [1.54, 1.807) is 12.4 Å². The first-order chi connectivity index (χ1) is 18.1. The summed E-state index contributed by atoms with van der Waals surface area (Å²) >= 11 is 0. The second kappa shape index (κ2) is 13.7. The number of benzene rings is 2. The molecule has 0 aliphatic rings. The molecule has 188 valence electrons. The maximum atomic E-state index is 5.43. The average molecular weight is 495 g/mol. The first-order valence-corrected chi connectivity index (χ1v) is 12.5. The van der Waals surface area contributed by atoms with Crippen LogP contribution in [0.4, 0.5) is 0 Å². The minimum atomic E-state index is 0.470. The van der Waals surface area contributed by atoms with Gasteiger partial charge >= 0.3 is 0 Å². The van der Waals surface area contributed by atoms with E-state index < -0.39 is 0 Å². The molecule has 0 saturated carbocycles. The highest BCUT2D eigenvalue weighted by atomic mass is 16.6. The highest BCUT2D eigenvalue weighted by molar-refractivity contribution is 5.78. The predicted molar refractivity (Wildman–Crippen MR) is 145 cm³/mol. The van der Waals surface area contributed by atoms with E-state index in [-0.39, 0.29) is 0 Å². The quantitative estimate of drug-likeness (QED) is 0.157. The summed E-state index contributed by atoms with van der Waals surface area (Å²) in [4.78, 5) is 10.9. The fourth-order valence-electron chi connectivity index (χ4n) is 3.87. The van der Waals surface area contributed by atoms with Gasteiger partial charge in [0.25, 0.3) is 0 Å². The molecule has 0 aliphatic heterocycles. The Kier molecular flexibility index (Phi) is 9.53. The van der Waals surface area contributed by atoms with Gasteiger partial charge in [0.15, 0.2) is 37.9 Å². The van der Waals surface area contributed by atoms with Gasteiger partial charge in [0.05, 0.1) is 18.9 Å². The highest BCUT2D eigenvalue weighted by Gasteiger charge is 2.05. The standard InChI is InChI=1S/C31H34N4O2/c1-26-6-3-8-30(20-26)24-36-32-22-28-10-16-34(17-11-28)14-5-15-35-18-12-29(13-19-35)23-33-37-25-31-9-4-7-27(2)21-31/h3-4,6-13,16-23H,5,14-15,24-25H2,1-2H3/q+2/b32-22+,33-23+. The first-order valence-electron chi connectivity index (χ1n) is 12.5. The molecule has 0 fully saturated rings. The number of oxime groups is 2. The largest absolute Gasteiger partial charge is 0.391 e. The maximum absolute atomic E-state index is 5.43. The molecule has 2 aromatic heterocycles. The van der Waals surface area contributed by atoms with Crippen molar-refractivity contribution in [2.24, 2.45) is 10.3 Å². The predicted octanol–water partition coefficient (Wildman–Crippen LogP) is 5.07. The zero-order valence-electron chi connectivity index (χ0n) is 21.5. The Morgan fingerprint density at radius 1 is 0.622 bits per heavy atom. The van der Waals surface area contributed by atoms with Crippen LogP contribution in [0.1, 0.15) is 39.8 Å². The van der Waals surface area contributed by atoms with E-state index in [0.29, 0.717) is 13.2 Å². The molecule has 4 aromatic rings. The summed E-state index contributed by atoms with van der Waals surface area (Å²) in [6.45, 7) is 6.95. The molecular weight excluding hydrogens is 460 g/mol. The molecule has 0 spiro atoms. The second-order valence-corrected chi connectivity index (χ2v) is 9.09. The van der Waals surface area contributed by atoms with Gasteiger partial charge in [-0.2, -0.15) is 0 Å². The van der Waals surface area contributed by atoms with Crippen molar-refractivity contribution in [1.82, 2.24) is 0 Å². The fourth-order valence-corrected chi connectivity index (χ4v) is 3.87. The van der Waals surface area contributed by atoms with Crippen molar-refractivity contribution >= 4 is 12.4 Å². The van der Waals surface area contributed by atoms with E-state index in [2.05, 4.69) is 82.3 Å². The lowest BCUT2D eigenvalue weighted by Crippen LogP contribution is -2.38. The van der Waals surface area contributed by atoms with Crippen LogP contribution in [0.5, 0.6) is 0 Å². The number of hydrogen-bond acceptors (Lipinski definition) is 4. The summed E-state index contributed by atoms with van der Waals surface area (Å²) in [5.74, 6) is 0. The van der Waals surface area contributed by atoms with Crippen LogP contribution in [-0.4, -0.2) is 12.4 Å². The van der Waals surface area contributed by atoms with Gasteiger partial charge < -0.3 is 9.68 Å². The summed E-state index contributed by atoms with van der Waals surface area (Å²) < 4.78 is 4.36. The van der Waals surface area contributed by atoms with Crippen LogP contribution in [0, 0.1) is 13.8 Å². The van der Waals surface area contributed by atoms with Gasteiger partial charge in [-0.3, -0.25) is 0 Å². The van der Waals surface area contributed by atoms with Crippen molar-refractivity contribution in [2.45, 2.75) is 46.6 Å². The summed E-state index contributed by atoms with van der Waals surface area (Å²) in [5, 5.41) is 8.18. The molecule has 6 nitrogen and oxygen atoms in total. The van der Waals surface area contributed by atoms with Gasteiger partial charge in [-0.25, -0.2) is 9.13 Å². The van der Waals surface area contributed by atoms with Crippen LogP contribution in [0.25, 0.3) is 0 Å². The Hall–Kier alpha value is -4.32. The van der Waals surface area contributed by atoms with Crippen molar-refractivity contribution in [3.05, 3.63) is 131 Å². The molecule has 0 saturated heterocycles. The molecule has 0 bridgehead atoms. The maximum Gasteiger partial charge on any atom is 0.169 e. The van der Waals surface area contributed by atoms with Gasteiger partial charge in [0, 0.05) is 35.4 Å². The number of pyridine rings is 2. The zero-order valence-corrected chi connectivity index (χ0v) is 21.5. The molecule has 0 N–H and O–H groups in total. The molecule has 2 heterocycles. The van der Waals surface area contributed by atoms with Crippen LogP contribution in [-0.2, 0) is 36.0 Å². The van der Waals surface area contributed by atoms with E-state index in [9.17, 15) is 0 Å².